The molecule has 0 aliphatic heterocycles. The predicted octanol–water partition coefficient (Wildman–Crippen LogP) is 3.76. The van der Waals surface area contributed by atoms with E-state index in [0.717, 1.165) is 11.3 Å². The van der Waals surface area contributed by atoms with E-state index in [1.54, 1.807) is 11.3 Å². The molecule has 5 heteroatoms. The van der Waals surface area contributed by atoms with Crippen molar-refractivity contribution < 1.29 is 4.79 Å². The molecule has 2 aromatic rings. The second-order valence-corrected chi connectivity index (χ2v) is 5.76. The normalized spacial score (nSPS) is 11.8. The van der Waals surface area contributed by atoms with Gasteiger partial charge >= 0.3 is 0 Å². The summed E-state index contributed by atoms with van der Waals surface area (Å²) in [5, 5.41) is 4.90. The van der Waals surface area contributed by atoms with Crippen LogP contribution < -0.4 is 11.1 Å². The molecular formula is C15H19ClN2OS. The van der Waals surface area contributed by atoms with Crippen LogP contribution in [0.3, 0.4) is 0 Å². The number of halogens is 1. The number of anilines is 1. The zero-order valence-corrected chi connectivity index (χ0v) is 13.1. The molecule has 0 aliphatic rings. The topological polar surface area (TPSA) is 55.1 Å². The minimum Gasteiger partial charge on any atom is -0.325 e. The maximum Gasteiger partial charge on any atom is 0.241 e. The van der Waals surface area contributed by atoms with Crippen molar-refractivity contribution in [3.05, 3.63) is 41.8 Å². The highest BCUT2D eigenvalue weighted by Crippen LogP contribution is 2.26. The van der Waals surface area contributed by atoms with Crippen LogP contribution in [0.4, 0.5) is 5.69 Å². The summed E-state index contributed by atoms with van der Waals surface area (Å²) in [6.45, 7) is 3.87. The molecule has 108 valence electrons. The molecule has 1 amide bonds. The summed E-state index contributed by atoms with van der Waals surface area (Å²) >= 11 is 1.68. The van der Waals surface area contributed by atoms with Gasteiger partial charge < -0.3 is 11.1 Å². The predicted molar refractivity (Wildman–Crippen MR) is 88.4 cm³/mol. The third kappa shape index (κ3) is 4.07. The molecule has 1 heterocycles. The van der Waals surface area contributed by atoms with Gasteiger partial charge in [-0.1, -0.05) is 32.0 Å². The first-order valence-corrected chi connectivity index (χ1v) is 7.16. The molecule has 0 unspecified atom stereocenters. The van der Waals surface area contributed by atoms with Gasteiger partial charge in [-0.3, -0.25) is 4.79 Å². The van der Waals surface area contributed by atoms with Gasteiger partial charge in [0, 0.05) is 10.6 Å². The third-order valence-electron chi connectivity index (χ3n) is 2.96. The van der Waals surface area contributed by atoms with Crippen molar-refractivity contribution in [3.8, 4) is 10.4 Å². The Bertz CT molecular complexity index is 555. The first-order chi connectivity index (χ1) is 9.08. The van der Waals surface area contributed by atoms with E-state index < -0.39 is 6.04 Å². The van der Waals surface area contributed by atoms with Crippen molar-refractivity contribution in [2.45, 2.75) is 19.9 Å². The average Bonchev–Trinajstić information content (AvgIpc) is 2.91. The number of hydrogen-bond acceptors (Lipinski definition) is 3. The van der Waals surface area contributed by atoms with E-state index in [0.29, 0.717) is 0 Å². The Morgan fingerprint density at radius 1 is 1.25 bits per heavy atom. The Morgan fingerprint density at radius 3 is 2.60 bits per heavy atom. The van der Waals surface area contributed by atoms with Crippen LogP contribution in [0, 0.1) is 5.92 Å². The Morgan fingerprint density at radius 2 is 2.00 bits per heavy atom. The second-order valence-electron chi connectivity index (χ2n) is 4.82. The van der Waals surface area contributed by atoms with Gasteiger partial charge in [0.25, 0.3) is 0 Å². The first-order valence-electron chi connectivity index (χ1n) is 6.28. The van der Waals surface area contributed by atoms with Gasteiger partial charge in [0.05, 0.1) is 6.04 Å². The molecule has 0 saturated carbocycles. The summed E-state index contributed by atoms with van der Waals surface area (Å²) in [5.74, 6) is -0.0150. The molecule has 1 aromatic carbocycles. The number of nitrogens with one attached hydrogen (secondary N) is 1. The molecule has 3 nitrogen and oxygen atoms in total. The summed E-state index contributed by atoms with van der Waals surface area (Å²) in [5.41, 5.74) is 7.72. The fraction of sp³-hybridized carbons (Fsp3) is 0.267. The van der Waals surface area contributed by atoms with E-state index in [1.807, 2.05) is 49.6 Å². The highest BCUT2D eigenvalue weighted by atomic mass is 35.5. The molecule has 0 aliphatic carbocycles. The zero-order chi connectivity index (χ0) is 13.8. The van der Waals surface area contributed by atoms with Crippen LogP contribution in [0.25, 0.3) is 10.4 Å². The molecule has 0 bridgehead atoms. The molecule has 2 rings (SSSR count). The van der Waals surface area contributed by atoms with Crippen LogP contribution >= 0.6 is 23.7 Å². The van der Waals surface area contributed by atoms with E-state index in [1.165, 1.54) is 4.88 Å². The fourth-order valence-corrected chi connectivity index (χ4v) is 2.45. The summed E-state index contributed by atoms with van der Waals surface area (Å²) in [4.78, 5) is 13.1. The van der Waals surface area contributed by atoms with Gasteiger partial charge in [-0.2, -0.15) is 0 Å². The monoisotopic (exact) mass is 310 g/mol. The lowest BCUT2D eigenvalue weighted by Gasteiger charge is -2.15. The Kier molecular flexibility index (Phi) is 6.20. The van der Waals surface area contributed by atoms with Crippen molar-refractivity contribution in [2.24, 2.45) is 11.7 Å². The molecule has 20 heavy (non-hydrogen) atoms. The molecule has 0 saturated heterocycles. The SMILES string of the molecule is CC(C)[C@H](N)C(=O)Nc1cccc(-c2cccs2)c1.Cl. The fourth-order valence-electron chi connectivity index (χ4n) is 1.72. The van der Waals surface area contributed by atoms with Crippen molar-refractivity contribution >= 4 is 35.3 Å². The average molecular weight is 311 g/mol. The van der Waals surface area contributed by atoms with Crippen molar-refractivity contribution in [1.29, 1.82) is 0 Å². The summed E-state index contributed by atoms with van der Waals surface area (Å²) in [6, 6.07) is 11.4. The highest BCUT2D eigenvalue weighted by Gasteiger charge is 2.17. The number of carbonyl (C=O) groups excluding carboxylic acids is 1. The smallest absolute Gasteiger partial charge is 0.241 e. The Hall–Kier alpha value is -1.36. The standard InChI is InChI=1S/C15H18N2OS.ClH/c1-10(2)14(16)15(18)17-12-6-3-5-11(9-12)13-7-4-8-19-13;/h3-10,14H,16H2,1-2H3,(H,17,18);1H/t14-;/m0./s1. The van der Waals surface area contributed by atoms with Crippen LogP contribution in [0.1, 0.15) is 13.8 Å². The molecule has 1 atom stereocenters. The summed E-state index contributed by atoms with van der Waals surface area (Å²) < 4.78 is 0. The molecule has 0 fully saturated rings. The number of rotatable bonds is 4. The molecule has 0 spiro atoms. The minimum atomic E-state index is -0.481. The van der Waals surface area contributed by atoms with Crippen LogP contribution in [0.5, 0.6) is 0 Å². The van der Waals surface area contributed by atoms with E-state index in [4.69, 9.17) is 5.73 Å². The zero-order valence-electron chi connectivity index (χ0n) is 11.5. The van der Waals surface area contributed by atoms with Gasteiger partial charge in [0.1, 0.15) is 0 Å². The van der Waals surface area contributed by atoms with Crippen molar-refractivity contribution in [3.63, 3.8) is 0 Å². The number of amides is 1. The largest absolute Gasteiger partial charge is 0.325 e. The van der Waals surface area contributed by atoms with Crippen LogP contribution in [0.2, 0.25) is 0 Å². The lowest BCUT2D eigenvalue weighted by molar-refractivity contribution is -0.118. The van der Waals surface area contributed by atoms with Crippen molar-refractivity contribution in [1.82, 2.24) is 0 Å². The van der Waals surface area contributed by atoms with Gasteiger partial charge in [0.15, 0.2) is 0 Å². The van der Waals surface area contributed by atoms with Gasteiger partial charge in [-0.15, -0.1) is 23.7 Å². The first kappa shape index (κ1) is 16.7. The Balaban J connectivity index is 0.00000200. The number of hydrogen-bond donors (Lipinski definition) is 2. The summed E-state index contributed by atoms with van der Waals surface area (Å²) in [6.07, 6.45) is 0. The summed E-state index contributed by atoms with van der Waals surface area (Å²) in [7, 11) is 0. The maximum atomic E-state index is 11.9. The lowest BCUT2D eigenvalue weighted by Crippen LogP contribution is -2.39. The molecule has 3 N–H and O–H groups in total. The van der Waals surface area contributed by atoms with Gasteiger partial charge in [-0.05, 0) is 35.1 Å². The van der Waals surface area contributed by atoms with Crippen LogP contribution in [-0.2, 0) is 4.79 Å². The number of carbonyl (C=O) groups is 1. The molecular weight excluding hydrogens is 292 g/mol. The van der Waals surface area contributed by atoms with E-state index in [9.17, 15) is 4.79 Å². The number of thiophene rings is 1. The van der Waals surface area contributed by atoms with Gasteiger partial charge in [0.2, 0.25) is 5.91 Å². The maximum absolute atomic E-state index is 11.9. The second kappa shape index (κ2) is 7.43. The quantitative estimate of drug-likeness (QED) is 0.903. The highest BCUT2D eigenvalue weighted by molar-refractivity contribution is 7.13. The van der Waals surface area contributed by atoms with E-state index >= 15 is 0 Å². The van der Waals surface area contributed by atoms with E-state index in [-0.39, 0.29) is 24.2 Å². The van der Waals surface area contributed by atoms with Crippen LogP contribution in [0.15, 0.2) is 41.8 Å². The number of nitrogens with two attached hydrogens (primary N) is 1. The van der Waals surface area contributed by atoms with E-state index in [2.05, 4.69) is 11.4 Å². The number of benzene rings is 1. The minimum absolute atomic E-state index is 0. The lowest BCUT2D eigenvalue weighted by atomic mass is 10.0. The van der Waals surface area contributed by atoms with Crippen LogP contribution in [-0.4, -0.2) is 11.9 Å². The molecule has 1 aromatic heterocycles. The Labute approximate surface area is 129 Å². The molecule has 0 radical (unpaired) electrons. The van der Waals surface area contributed by atoms with Gasteiger partial charge in [-0.25, -0.2) is 0 Å². The third-order valence-corrected chi connectivity index (χ3v) is 3.88. The van der Waals surface area contributed by atoms with Crippen molar-refractivity contribution in [2.75, 3.05) is 5.32 Å².